The first-order valence-corrected chi connectivity index (χ1v) is 11.2. The fourth-order valence-electron chi connectivity index (χ4n) is 4.81. The van der Waals surface area contributed by atoms with Crippen molar-refractivity contribution >= 4 is 34.9 Å². The summed E-state index contributed by atoms with van der Waals surface area (Å²) in [6.07, 6.45) is 0. The molecule has 0 saturated carbocycles. The smallest absolute Gasteiger partial charge is 0.325 e. The normalized spacial score (nSPS) is 23.3. The van der Waals surface area contributed by atoms with Crippen LogP contribution in [0.4, 0.5) is 16.2 Å². The van der Waals surface area contributed by atoms with E-state index in [1.54, 1.807) is 29.2 Å². The second-order valence-corrected chi connectivity index (χ2v) is 9.16. The average molecular weight is 462 g/mol. The minimum absolute atomic E-state index is 0.255. The van der Waals surface area contributed by atoms with Crippen LogP contribution in [0.15, 0.2) is 66.7 Å². The third-order valence-electron chi connectivity index (χ3n) is 6.41. The van der Waals surface area contributed by atoms with Gasteiger partial charge in [-0.2, -0.15) is 0 Å². The number of aryl methyl sites for hydroxylation is 2. The number of amides is 3. The van der Waals surface area contributed by atoms with Gasteiger partial charge >= 0.3 is 6.03 Å². The number of rotatable bonds is 3. The summed E-state index contributed by atoms with van der Waals surface area (Å²) in [5.74, 6) is -0.328. The third-order valence-corrected chi connectivity index (χ3v) is 6.66. The van der Waals surface area contributed by atoms with Gasteiger partial charge in [0.1, 0.15) is 11.7 Å². The van der Waals surface area contributed by atoms with Gasteiger partial charge in [0.2, 0.25) is 11.6 Å². The Morgan fingerprint density at radius 2 is 1.82 bits per heavy atom. The van der Waals surface area contributed by atoms with E-state index in [2.05, 4.69) is 10.6 Å². The Morgan fingerprint density at radius 1 is 1.09 bits per heavy atom. The molecule has 5 rings (SSSR count). The van der Waals surface area contributed by atoms with Crippen LogP contribution in [0.25, 0.3) is 0 Å². The standard InChI is InChI=1S/C26H24ClN3O3/c1-15-8-9-16(2)20(14-15)30-25(32)29-23-19-6-4-5-7-21(19)33-26(30,3)22(23)24(31)28-18-12-10-17(27)11-13-18/h4-14,22-23H,1-3H3,(H,28,31)(H,29,32). The van der Waals surface area contributed by atoms with Gasteiger partial charge in [0.05, 0.1) is 11.7 Å². The number of urea groups is 1. The van der Waals surface area contributed by atoms with Gasteiger partial charge in [-0.25, -0.2) is 4.79 Å². The van der Waals surface area contributed by atoms with Crippen LogP contribution in [0, 0.1) is 19.8 Å². The maximum Gasteiger partial charge on any atom is 0.325 e. The number of hydrogen-bond acceptors (Lipinski definition) is 3. The van der Waals surface area contributed by atoms with Gasteiger partial charge in [-0.1, -0.05) is 41.9 Å². The molecule has 1 fully saturated rings. The Labute approximate surface area is 197 Å². The van der Waals surface area contributed by atoms with Crippen molar-refractivity contribution in [3.63, 3.8) is 0 Å². The maximum absolute atomic E-state index is 13.7. The van der Waals surface area contributed by atoms with Gasteiger partial charge in [0.25, 0.3) is 0 Å². The van der Waals surface area contributed by atoms with Gasteiger partial charge in [0, 0.05) is 16.3 Å². The molecule has 1 saturated heterocycles. The molecule has 168 valence electrons. The number of fused-ring (bicyclic) bond motifs is 4. The summed E-state index contributed by atoms with van der Waals surface area (Å²) in [6.45, 7) is 5.72. The molecule has 0 aliphatic carbocycles. The van der Waals surface area contributed by atoms with Crippen LogP contribution in [-0.2, 0) is 4.79 Å². The lowest BCUT2D eigenvalue weighted by atomic mass is 9.78. The van der Waals surface area contributed by atoms with E-state index in [0.29, 0.717) is 22.1 Å². The first kappa shape index (κ1) is 21.3. The molecular weight excluding hydrogens is 438 g/mol. The number of ether oxygens (including phenoxy) is 1. The van der Waals surface area contributed by atoms with Gasteiger partial charge < -0.3 is 15.4 Å². The monoisotopic (exact) mass is 461 g/mol. The van der Waals surface area contributed by atoms with Gasteiger partial charge in [0.15, 0.2) is 0 Å². The molecule has 0 spiro atoms. The molecule has 3 unspecified atom stereocenters. The van der Waals surface area contributed by atoms with E-state index < -0.39 is 17.7 Å². The molecule has 0 aromatic heterocycles. The van der Waals surface area contributed by atoms with Gasteiger partial charge in [-0.15, -0.1) is 0 Å². The van der Waals surface area contributed by atoms with Crippen LogP contribution in [0.3, 0.4) is 0 Å². The Kier molecular flexibility index (Phi) is 5.05. The van der Waals surface area contributed by atoms with Crippen LogP contribution in [-0.4, -0.2) is 17.7 Å². The summed E-state index contributed by atoms with van der Waals surface area (Å²) in [4.78, 5) is 28.7. The van der Waals surface area contributed by atoms with Crippen LogP contribution in [0.2, 0.25) is 5.02 Å². The zero-order valence-electron chi connectivity index (χ0n) is 18.6. The minimum Gasteiger partial charge on any atom is -0.466 e. The predicted molar refractivity (Wildman–Crippen MR) is 129 cm³/mol. The van der Waals surface area contributed by atoms with Crippen molar-refractivity contribution in [2.45, 2.75) is 32.5 Å². The number of anilines is 2. The lowest BCUT2D eigenvalue weighted by molar-refractivity contribution is -0.131. The van der Waals surface area contributed by atoms with E-state index in [-0.39, 0.29) is 11.9 Å². The number of hydrogen-bond donors (Lipinski definition) is 2. The number of benzene rings is 3. The molecule has 2 heterocycles. The summed E-state index contributed by atoms with van der Waals surface area (Å²) in [5, 5.41) is 6.64. The summed E-state index contributed by atoms with van der Waals surface area (Å²) in [7, 11) is 0. The molecular formula is C26H24ClN3O3. The molecule has 33 heavy (non-hydrogen) atoms. The van der Waals surface area contributed by atoms with Gasteiger partial charge in [-0.3, -0.25) is 9.69 Å². The average Bonchev–Trinajstić information content (AvgIpc) is 2.77. The van der Waals surface area contributed by atoms with Crippen molar-refractivity contribution in [3.05, 3.63) is 88.4 Å². The fraction of sp³-hybridized carbons (Fsp3) is 0.231. The molecule has 2 aliphatic heterocycles. The number of para-hydroxylation sites is 1. The maximum atomic E-state index is 13.7. The lowest BCUT2D eigenvalue weighted by Gasteiger charge is -2.54. The Morgan fingerprint density at radius 3 is 2.58 bits per heavy atom. The summed E-state index contributed by atoms with van der Waals surface area (Å²) in [6, 6.07) is 19.5. The third kappa shape index (κ3) is 3.51. The van der Waals surface area contributed by atoms with E-state index in [0.717, 1.165) is 16.7 Å². The van der Waals surface area contributed by atoms with E-state index in [1.165, 1.54) is 0 Å². The van der Waals surface area contributed by atoms with E-state index in [1.807, 2.05) is 63.2 Å². The summed E-state index contributed by atoms with van der Waals surface area (Å²) >= 11 is 6.00. The number of nitrogens with zero attached hydrogens (tertiary/aromatic N) is 1. The van der Waals surface area contributed by atoms with E-state index in [4.69, 9.17) is 16.3 Å². The summed E-state index contributed by atoms with van der Waals surface area (Å²) in [5.41, 5.74) is 2.77. The SMILES string of the molecule is Cc1ccc(C)c(N2C(=O)NC3c4ccccc4OC2(C)C3C(=O)Nc2ccc(Cl)cc2)c1. The molecule has 3 atom stereocenters. The van der Waals surface area contributed by atoms with Crippen molar-refractivity contribution in [1.82, 2.24) is 5.32 Å². The first-order chi connectivity index (χ1) is 15.8. The fourth-order valence-corrected chi connectivity index (χ4v) is 4.93. The molecule has 0 radical (unpaired) electrons. The largest absolute Gasteiger partial charge is 0.466 e. The van der Waals surface area contributed by atoms with Crippen LogP contribution >= 0.6 is 11.6 Å². The molecule has 3 aromatic carbocycles. The molecule has 2 N–H and O–H groups in total. The zero-order valence-corrected chi connectivity index (χ0v) is 19.3. The van der Waals surface area contributed by atoms with Crippen LogP contribution in [0.5, 0.6) is 5.75 Å². The highest BCUT2D eigenvalue weighted by Gasteiger charge is 2.60. The molecule has 3 amide bonds. The highest BCUT2D eigenvalue weighted by Crippen LogP contribution is 2.50. The Bertz CT molecular complexity index is 1260. The van der Waals surface area contributed by atoms with Crippen molar-refractivity contribution in [2.75, 3.05) is 10.2 Å². The molecule has 6 nitrogen and oxygen atoms in total. The molecule has 2 bridgehead atoms. The first-order valence-electron chi connectivity index (χ1n) is 10.8. The molecule has 3 aromatic rings. The molecule has 2 aliphatic rings. The van der Waals surface area contributed by atoms with Gasteiger partial charge in [-0.05, 0) is 68.3 Å². The Balaban J connectivity index is 1.63. The predicted octanol–water partition coefficient (Wildman–Crippen LogP) is 5.59. The molecule has 7 heteroatoms. The second-order valence-electron chi connectivity index (χ2n) is 8.72. The highest BCUT2D eigenvalue weighted by molar-refractivity contribution is 6.30. The number of nitrogens with one attached hydrogen (secondary N) is 2. The topological polar surface area (TPSA) is 70.7 Å². The number of halogens is 1. The van der Waals surface area contributed by atoms with Crippen molar-refractivity contribution in [1.29, 1.82) is 0 Å². The summed E-state index contributed by atoms with van der Waals surface area (Å²) < 4.78 is 6.50. The second kappa shape index (κ2) is 7.81. The van der Waals surface area contributed by atoms with Crippen LogP contribution < -0.4 is 20.3 Å². The quantitative estimate of drug-likeness (QED) is 0.534. The van der Waals surface area contributed by atoms with Crippen LogP contribution in [0.1, 0.15) is 29.7 Å². The van der Waals surface area contributed by atoms with Crippen molar-refractivity contribution in [2.24, 2.45) is 5.92 Å². The highest BCUT2D eigenvalue weighted by atomic mass is 35.5. The number of carbonyl (C=O) groups excluding carboxylic acids is 2. The zero-order chi connectivity index (χ0) is 23.3. The minimum atomic E-state index is -1.25. The van der Waals surface area contributed by atoms with E-state index >= 15 is 0 Å². The lowest BCUT2D eigenvalue weighted by Crippen LogP contribution is -2.72. The van der Waals surface area contributed by atoms with E-state index in [9.17, 15) is 9.59 Å². The Hall–Kier alpha value is -3.51. The number of carbonyl (C=O) groups is 2. The van der Waals surface area contributed by atoms with Crippen molar-refractivity contribution < 1.29 is 14.3 Å². The van der Waals surface area contributed by atoms with Crippen molar-refractivity contribution in [3.8, 4) is 5.75 Å².